The highest BCUT2D eigenvalue weighted by Crippen LogP contribution is 2.28. The third-order valence-corrected chi connectivity index (χ3v) is 8.73. The van der Waals surface area contributed by atoms with E-state index < -0.39 is 36.8 Å². The van der Waals surface area contributed by atoms with E-state index in [1.165, 1.54) is 51.5 Å². The Morgan fingerprint density at radius 1 is 1.12 bits per heavy atom. The molecule has 3 amide bonds. The summed E-state index contributed by atoms with van der Waals surface area (Å²) in [4.78, 5) is 37.6. The lowest BCUT2D eigenvalue weighted by atomic mass is 9.95. The van der Waals surface area contributed by atoms with Crippen LogP contribution in [-0.4, -0.2) is 32.9 Å². The molecule has 5 N–H and O–H groups in total. The number of rotatable bonds is 5. The van der Waals surface area contributed by atoms with E-state index >= 15 is 0 Å². The van der Waals surface area contributed by atoms with E-state index in [-0.39, 0.29) is 40.5 Å². The Hall–Kier alpha value is -3.72. The number of nitrogens with one attached hydrogen (secondary N) is 3. The van der Waals surface area contributed by atoms with Crippen molar-refractivity contribution in [1.29, 1.82) is 0 Å². The van der Waals surface area contributed by atoms with Crippen molar-refractivity contribution < 1.29 is 31.9 Å². The highest BCUT2D eigenvalue weighted by molar-refractivity contribution is 14.2. The van der Waals surface area contributed by atoms with Crippen LogP contribution in [0.3, 0.4) is 0 Å². The van der Waals surface area contributed by atoms with E-state index in [0.717, 1.165) is 17.2 Å². The van der Waals surface area contributed by atoms with E-state index in [2.05, 4.69) is 16.0 Å². The first-order chi connectivity index (χ1) is 19.0. The molecule has 0 aliphatic carbocycles. The summed E-state index contributed by atoms with van der Waals surface area (Å²) < 4.78 is 44.9. The average Bonchev–Trinajstić information content (AvgIpc) is 2.90. The molecule has 3 aromatic rings. The fraction of sp³-hybridized carbons (Fsp3) is 0.222. The normalized spacial score (nSPS) is 16.0. The number of hydrogen-bond donors (Lipinski definition) is 4. The van der Waals surface area contributed by atoms with Crippen LogP contribution in [0.5, 0.6) is 0 Å². The maximum absolute atomic E-state index is 14.8. The zero-order valence-electron chi connectivity index (χ0n) is 21.3. The summed E-state index contributed by atoms with van der Waals surface area (Å²) in [6, 6.07) is 11.9. The molecular weight excluding hydrogens is 654 g/mol. The van der Waals surface area contributed by atoms with Crippen molar-refractivity contribution >= 4 is 57.5 Å². The molecule has 10 nitrogen and oxygen atoms in total. The van der Waals surface area contributed by atoms with Crippen molar-refractivity contribution in [2.45, 2.75) is 37.2 Å². The molecule has 0 spiro atoms. The lowest BCUT2D eigenvalue weighted by Crippen LogP contribution is -2.34. The van der Waals surface area contributed by atoms with Gasteiger partial charge in [0.1, 0.15) is 11.9 Å². The van der Waals surface area contributed by atoms with Crippen LogP contribution in [0, 0.1) is 5.82 Å². The molecule has 0 saturated heterocycles. The Labute approximate surface area is 242 Å². The highest BCUT2D eigenvalue weighted by atomic mass is 127. The van der Waals surface area contributed by atoms with E-state index in [1.807, 2.05) is 13.0 Å². The minimum atomic E-state index is -3.71. The molecule has 2 aliphatic rings. The number of halogens is 2. The lowest BCUT2D eigenvalue weighted by molar-refractivity contribution is -0.122. The van der Waals surface area contributed by atoms with Gasteiger partial charge in [-0.15, -0.1) is 0 Å². The monoisotopic (exact) mass is 680 g/mol. The number of amides is 3. The first-order valence-electron chi connectivity index (χ1n) is 12.2. The van der Waals surface area contributed by atoms with Gasteiger partial charge in [0.2, 0.25) is 18.8 Å². The van der Waals surface area contributed by atoms with Gasteiger partial charge in [-0.1, -0.05) is 25.1 Å². The zero-order chi connectivity index (χ0) is 29.0. The molecule has 0 aromatic heterocycles. The van der Waals surface area contributed by atoms with Crippen molar-refractivity contribution in [3.8, 4) is 0 Å². The molecule has 2 heterocycles. The predicted octanol–water partition coefficient (Wildman–Crippen LogP) is 4.18. The SMILES string of the molecule is CCc1cc2ccc1CCOC(=O)Nc1ccc(S(=O)(=O)I)c(c1)CNC(=O)C2Nc1cc(C(N)=O)ccc1F. The van der Waals surface area contributed by atoms with Gasteiger partial charge in [0, 0.05) is 24.2 Å². The Bertz CT molecular complexity index is 1600. The van der Waals surface area contributed by atoms with Crippen LogP contribution >= 0.6 is 21.2 Å². The molecule has 210 valence electrons. The third kappa shape index (κ3) is 6.88. The quantitative estimate of drug-likeness (QED) is 0.233. The van der Waals surface area contributed by atoms with Crippen molar-refractivity contribution in [3.05, 3.63) is 88.2 Å². The topological polar surface area (TPSA) is 157 Å². The largest absolute Gasteiger partial charge is 0.449 e. The molecule has 4 bridgehead atoms. The van der Waals surface area contributed by atoms with Gasteiger partial charge in [-0.05, 0) is 65.1 Å². The Balaban J connectivity index is 1.79. The summed E-state index contributed by atoms with van der Waals surface area (Å²) in [5, 5.41) is 8.18. The average molecular weight is 680 g/mol. The number of benzene rings is 3. The van der Waals surface area contributed by atoms with E-state index in [0.29, 0.717) is 18.4 Å². The van der Waals surface area contributed by atoms with E-state index in [1.54, 1.807) is 12.1 Å². The molecule has 0 saturated carbocycles. The van der Waals surface area contributed by atoms with Gasteiger partial charge in [0.25, 0.3) is 0 Å². The van der Waals surface area contributed by atoms with Gasteiger partial charge in [-0.25, -0.2) is 17.6 Å². The zero-order valence-corrected chi connectivity index (χ0v) is 24.3. The Morgan fingerprint density at radius 3 is 2.60 bits per heavy atom. The van der Waals surface area contributed by atoms with E-state index in [4.69, 9.17) is 10.5 Å². The number of aryl methyl sites for hydroxylation is 1. The summed E-state index contributed by atoms with van der Waals surface area (Å²) in [6.07, 6.45) is 0.316. The third-order valence-electron chi connectivity index (χ3n) is 6.38. The van der Waals surface area contributed by atoms with Crippen molar-refractivity contribution in [2.24, 2.45) is 5.73 Å². The van der Waals surface area contributed by atoms with Gasteiger partial charge < -0.3 is 21.1 Å². The van der Waals surface area contributed by atoms with Crippen LogP contribution in [0.25, 0.3) is 0 Å². The van der Waals surface area contributed by atoms with Crippen molar-refractivity contribution in [1.82, 2.24) is 5.32 Å². The van der Waals surface area contributed by atoms with Crippen LogP contribution in [0.2, 0.25) is 0 Å². The van der Waals surface area contributed by atoms with Gasteiger partial charge >= 0.3 is 6.09 Å². The van der Waals surface area contributed by atoms with Crippen LogP contribution < -0.4 is 21.7 Å². The molecule has 3 aromatic carbocycles. The number of carbonyl (C=O) groups is 3. The van der Waals surface area contributed by atoms with Crippen LogP contribution in [0.1, 0.15) is 45.6 Å². The first-order valence-corrected chi connectivity index (χ1v) is 16.3. The smallest absolute Gasteiger partial charge is 0.411 e. The minimum absolute atomic E-state index is 0.0456. The molecule has 13 heteroatoms. The molecule has 0 fully saturated rings. The van der Waals surface area contributed by atoms with Gasteiger partial charge in [-0.2, -0.15) is 0 Å². The number of primary amides is 1. The second-order valence-electron chi connectivity index (χ2n) is 9.01. The number of carbonyl (C=O) groups excluding carboxylic acids is 3. The number of hydrogen-bond acceptors (Lipinski definition) is 7. The van der Waals surface area contributed by atoms with Gasteiger partial charge in [-0.3, -0.25) is 14.9 Å². The molecular formula is C27H26FIN4O6S. The minimum Gasteiger partial charge on any atom is -0.449 e. The number of ether oxygens (including phenoxy) is 1. The predicted molar refractivity (Wildman–Crippen MR) is 155 cm³/mol. The summed E-state index contributed by atoms with van der Waals surface area (Å²) in [7, 11) is -3.71. The molecule has 2 aliphatic heterocycles. The first kappa shape index (κ1) is 29.3. The Kier molecular flexibility index (Phi) is 8.93. The standard InChI is InChI=1S/C27H26FIN4O6S/c1-2-15-11-17-4-3-16(15)9-10-39-27(36)32-20-6-8-23(40(29,37)38)19(12-20)14-31-26(35)24(17)33-22-13-18(25(30)34)5-7-21(22)28/h3-8,11-13,24,33H,2,9-10,14H2,1H3,(H2,30,34)(H,31,35)(H,32,36). The fourth-order valence-corrected chi connectivity index (χ4v) is 6.33. The fourth-order valence-electron chi connectivity index (χ4n) is 4.37. The van der Waals surface area contributed by atoms with Crippen molar-refractivity contribution in [2.75, 3.05) is 17.2 Å². The molecule has 40 heavy (non-hydrogen) atoms. The molecule has 1 atom stereocenters. The lowest BCUT2D eigenvalue weighted by Gasteiger charge is -2.23. The summed E-state index contributed by atoms with van der Waals surface area (Å²) in [5.41, 5.74) is 8.11. The summed E-state index contributed by atoms with van der Waals surface area (Å²) >= 11 is 1.30. The second kappa shape index (κ2) is 12.2. The molecule has 0 radical (unpaired) electrons. The molecule has 1 unspecified atom stereocenters. The number of nitrogens with two attached hydrogens (primary N) is 1. The summed E-state index contributed by atoms with van der Waals surface area (Å²) in [6.45, 7) is 1.80. The highest BCUT2D eigenvalue weighted by Gasteiger charge is 2.25. The van der Waals surface area contributed by atoms with Crippen LogP contribution in [0.15, 0.2) is 59.5 Å². The van der Waals surface area contributed by atoms with Crippen LogP contribution in [0.4, 0.5) is 20.6 Å². The van der Waals surface area contributed by atoms with Crippen LogP contribution in [-0.2, 0) is 35.9 Å². The number of anilines is 2. The maximum Gasteiger partial charge on any atom is 0.411 e. The summed E-state index contributed by atoms with van der Waals surface area (Å²) in [5.74, 6) is -2.04. The van der Waals surface area contributed by atoms with E-state index in [9.17, 15) is 27.2 Å². The van der Waals surface area contributed by atoms with Gasteiger partial charge in [0.05, 0.1) is 38.4 Å². The number of fused-ring (bicyclic) bond motifs is 9. The molecule has 5 rings (SSSR count). The maximum atomic E-state index is 14.8. The Morgan fingerprint density at radius 2 is 1.90 bits per heavy atom. The van der Waals surface area contributed by atoms with Gasteiger partial charge in [0.15, 0.2) is 0 Å². The second-order valence-corrected chi connectivity index (χ2v) is 13.8. The van der Waals surface area contributed by atoms with Crippen molar-refractivity contribution in [3.63, 3.8) is 0 Å².